The number of benzene rings is 10. The molecule has 1 aliphatic rings. The van der Waals surface area contributed by atoms with Gasteiger partial charge in [-0.25, -0.2) is 4.39 Å². The maximum absolute atomic E-state index is 16.2. The third-order valence-electron chi connectivity index (χ3n) is 17.2. The van der Waals surface area contributed by atoms with Gasteiger partial charge in [0.2, 0.25) is 0 Å². The molecule has 0 spiro atoms. The van der Waals surface area contributed by atoms with Crippen molar-refractivity contribution >= 4 is 78.0 Å². The van der Waals surface area contributed by atoms with Crippen molar-refractivity contribution in [2.45, 2.75) is 110 Å². The van der Waals surface area contributed by atoms with Gasteiger partial charge in [0.15, 0.2) is 0 Å². The van der Waals surface area contributed by atoms with E-state index in [0.717, 1.165) is 94.8 Å². The zero-order valence-electron chi connectivity index (χ0n) is 49.3. The van der Waals surface area contributed by atoms with Crippen LogP contribution in [-0.2, 0) is 27.1 Å². The second-order valence-corrected chi connectivity index (χ2v) is 26.7. The normalized spacial score (nSPS) is 13.5. The van der Waals surface area contributed by atoms with Crippen LogP contribution in [0.3, 0.4) is 0 Å². The van der Waals surface area contributed by atoms with Crippen LogP contribution in [-0.4, -0.2) is 0 Å². The van der Waals surface area contributed by atoms with E-state index in [-0.39, 0.29) is 27.5 Å². The van der Waals surface area contributed by atoms with Crippen molar-refractivity contribution < 1.29 is 13.2 Å². The van der Waals surface area contributed by atoms with Crippen molar-refractivity contribution in [1.29, 1.82) is 0 Å². The van der Waals surface area contributed by atoms with E-state index in [1.807, 2.05) is 0 Å². The molecule has 408 valence electrons. The number of nitrogens with zero attached hydrogens (tertiary/aromatic N) is 2. The minimum Gasteiger partial charge on any atom is -0.455 e. The Labute approximate surface area is 482 Å². The number of para-hydroxylation sites is 1. The SMILES string of the molecule is CC(C)(C)c1ccc(N(c2ccc(C(C)(C)C)cc2)c2cc3c(c4oc5ccccc5c24)-c2c(cc(N(c4ccc(C(C)(C)C)cc4)c4ccc(C(C)(C)C)cc4)c4c2oc2ccc(F)cc24)C3(c2ccccc2)c2ccccc2)cc1. The van der Waals surface area contributed by atoms with Gasteiger partial charge in [0, 0.05) is 44.6 Å². The first kappa shape index (κ1) is 52.7. The van der Waals surface area contributed by atoms with Crippen LogP contribution in [0.5, 0.6) is 0 Å². The fourth-order valence-electron chi connectivity index (χ4n) is 12.8. The van der Waals surface area contributed by atoms with Crippen LogP contribution in [0.25, 0.3) is 55.0 Å². The minimum atomic E-state index is -0.974. The molecule has 0 fully saturated rings. The van der Waals surface area contributed by atoms with Gasteiger partial charge in [0.05, 0.1) is 27.6 Å². The molecule has 2 heterocycles. The van der Waals surface area contributed by atoms with Gasteiger partial charge in [0.1, 0.15) is 28.1 Å². The van der Waals surface area contributed by atoms with E-state index in [1.54, 1.807) is 12.1 Å². The Hall–Kier alpha value is -8.67. The Morgan fingerprint density at radius 1 is 0.341 bits per heavy atom. The maximum atomic E-state index is 16.2. The summed E-state index contributed by atoms with van der Waals surface area (Å²) in [5.41, 5.74) is 18.5. The summed E-state index contributed by atoms with van der Waals surface area (Å²) in [6.07, 6.45) is 0. The highest BCUT2D eigenvalue weighted by molar-refractivity contribution is 6.25. The molecule has 5 heteroatoms. The molecule has 0 N–H and O–H groups in total. The summed E-state index contributed by atoms with van der Waals surface area (Å²) in [6, 6.07) is 76.3. The monoisotopic (exact) mass is 1070 g/mol. The molecule has 0 amide bonds. The molecule has 4 nitrogen and oxygen atoms in total. The predicted octanol–water partition coefficient (Wildman–Crippen LogP) is 22.1. The smallest absolute Gasteiger partial charge is 0.145 e. The van der Waals surface area contributed by atoms with E-state index >= 15 is 4.39 Å². The Morgan fingerprint density at radius 2 is 0.671 bits per heavy atom. The first-order valence-electron chi connectivity index (χ1n) is 28.9. The molecular weight excluding hydrogens is 1000 g/mol. The van der Waals surface area contributed by atoms with Gasteiger partial charge in [-0.05, 0) is 151 Å². The Morgan fingerprint density at radius 3 is 1.04 bits per heavy atom. The Kier molecular flexibility index (Phi) is 12.2. The molecule has 0 bridgehead atoms. The van der Waals surface area contributed by atoms with Gasteiger partial charge in [0.25, 0.3) is 0 Å². The molecule has 82 heavy (non-hydrogen) atoms. The molecule has 0 unspecified atom stereocenters. The zero-order valence-corrected chi connectivity index (χ0v) is 49.3. The number of anilines is 6. The number of furan rings is 2. The number of halogens is 1. The van der Waals surface area contributed by atoms with Crippen LogP contribution < -0.4 is 9.80 Å². The second-order valence-electron chi connectivity index (χ2n) is 26.7. The van der Waals surface area contributed by atoms with Crippen LogP contribution in [0.1, 0.15) is 128 Å². The molecule has 0 aliphatic heterocycles. The lowest BCUT2D eigenvalue weighted by Gasteiger charge is -2.36. The molecule has 13 rings (SSSR count). The fraction of sp³-hybridized carbons (Fsp3) is 0.221. The van der Waals surface area contributed by atoms with Crippen molar-refractivity contribution in [3.05, 3.63) is 263 Å². The summed E-state index contributed by atoms with van der Waals surface area (Å²) in [5, 5.41) is 3.48. The number of fused-ring (bicyclic) bond motifs is 11. The Bertz CT molecular complexity index is 4230. The molecule has 0 atom stereocenters. The highest BCUT2D eigenvalue weighted by Crippen LogP contribution is 2.64. The van der Waals surface area contributed by atoms with Crippen LogP contribution in [0.4, 0.5) is 38.5 Å². The molecule has 2 aromatic heterocycles. The molecule has 10 aromatic carbocycles. The number of rotatable bonds is 8. The first-order valence-corrected chi connectivity index (χ1v) is 28.9. The average molecular weight is 1080 g/mol. The first-order chi connectivity index (χ1) is 39.1. The quantitative estimate of drug-likeness (QED) is 0.152. The molecular formula is C77H71FN2O2. The van der Waals surface area contributed by atoms with Crippen molar-refractivity contribution in [3.8, 4) is 11.1 Å². The largest absolute Gasteiger partial charge is 0.455 e. The standard InChI is InChI=1S/C77H71FN2O2/c1-73(2,3)48-27-36-55(37-28-48)79(56-38-29-49(30-39-56)74(4,5)6)63-46-61-69(71-67(63)59-25-19-20-26-65(59)81-71)70-62(77(61,52-21-15-13-16-22-52)53-23-17-14-18-24-53)47-64(68-60-45-54(78)35-44-66(60)82-72(68)70)80(57-40-31-50(32-41-57)75(7,8)9)58-42-33-51(34-43-58)76(10,11)12/h13-47H,1-12H3. The van der Waals surface area contributed by atoms with E-state index in [9.17, 15) is 0 Å². The second kappa shape index (κ2) is 19.0. The van der Waals surface area contributed by atoms with Crippen molar-refractivity contribution in [3.63, 3.8) is 0 Å². The zero-order chi connectivity index (χ0) is 57.3. The predicted molar refractivity (Wildman–Crippen MR) is 342 cm³/mol. The third kappa shape index (κ3) is 8.53. The summed E-state index contributed by atoms with van der Waals surface area (Å²) in [6.45, 7) is 27.1. The topological polar surface area (TPSA) is 32.8 Å². The summed E-state index contributed by atoms with van der Waals surface area (Å²) in [4.78, 5) is 4.79. The molecule has 12 aromatic rings. The lowest BCUT2D eigenvalue weighted by atomic mass is 9.67. The number of hydrogen-bond acceptors (Lipinski definition) is 4. The van der Waals surface area contributed by atoms with Crippen molar-refractivity contribution in [1.82, 2.24) is 0 Å². The minimum absolute atomic E-state index is 0.0516. The highest BCUT2D eigenvalue weighted by Gasteiger charge is 2.51. The lowest BCUT2D eigenvalue weighted by Crippen LogP contribution is -2.29. The summed E-state index contributed by atoms with van der Waals surface area (Å²) < 4.78 is 31.2. The Balaban J connectivity index is 1.22. The highest BCUT2D eigenvalue weighted by atomic mass is 19.1. The molecule has 0 saturated carbocycles. The van der Waals surface area contributed by atoms with Gasteiger partial charge in [-0.1, -0.05) is 210 Å². The van der Waals surface area contributed by atoms with Gasteiger partial charge in [-0.3, -0.25) is 0 Å². The van der Waals surface area contributed by atoms with E-state index in [1.165, 1.54) is 28.3 Å². The van der Waals surface area contributed by atoms with Crippen LogP contribution in [0.2, 0.25) is 0 Å². The van der Waals surface area contributed by atoms with Crippen LogP contribution >= 0.6 is 0 Å². The summed E-state index contributed by atoms with van der Waals surface area (Å²) >= 11 is 0. The summed E-state index contributed by atoms with van der Waals surface area (Å²) in [7, 11) is 0. The van der Waals surface area contributed by atoms with E-state index in [4.69, 9.17) is 8.83 Å². The lowest BCUT2D eigenvalue weighted by molar-refractivity contribution is 0.590. The van der Waals surface area contributed by atoms with E-state index < -0.39 is 5.41 Å². The van der Waals surface area contributed by atoms with Gasteiger partial charge >= 0.3 is 0 Å². The molecule has 0 saturated heterocycles. The van der Waals surface area contributed by atoms with Crippen LogP contribution in [0.15, 0.2) is 221 Å². The fourth-order valence-corrected chi connectivity index (χ4v) is 12.8. The molecule has 1 aliphatic carbocycles. The maximum Gasteiger partial charge on any atom is 0.145 e. The van der Waals surface area contributed by atoms with Crippen molar-refractivity contribution in [2.75, 3.05) is 9.80 Å². The molecule has 0 radical (unpaired) electrons. The van der Waals surface area contributed by atoms with Crippen molar-refractivity contribution in [2.24, 2.45) is 0 Å². The van der Waals surface area contributed by atoms with Gasteiger partial charge in [-0.15, -0.1) is 0 Å². The van der Waals surface area contributed by atoms with Gasteiger partial charge < -0.3 is 18.6 Å². The van der Waals surface area contributed by atoms with E-state index in [0.29, 0.717) is 16.6 Å². The number of hydrogen-bond donors (Lipinski definition) is 0. The van der Waals surface area contributed by atoms with Crippen LogP contribution in [0, 0.1) is 5.82 Å². The summed E-state index contributed by atoms with van der Waals surface area (Å²) in [5.74, 6) is -0.337. The average Bonchev–Trinajstić information content (AvgIpc) is 1.64. The van der Waals surface area contributed by atoms with Gasteiger partial charge in [-0.2, -0.15) is 0 Å². The third-order valence-corrected chi connectivity index (χ3v) is 17.2. The van der Waals surface area contributed by atoms with E-state index in [2.05, 4.69) is 287 Å².